The second-order valence-electron chi connectivity index (χ2n) is 4.51. The van der Waals surface area contributed by atoms with Gasteiger partial charge in [0.15, 0.2) is 0 Å². The summed E-state index contributed by atoms with van der Waals surface area (Å²) < 4.78 is 10.6. The minimum absolute atomic E-state index is 0.599. The lowest BCUT2D eigenvalue weighted by atomic mass is 10.2. The molecule has 0 spiro atoms. The van der Waals surface area contributed by atoms with E-state index >= 15 is 0 Å². The Morgan fingerprint density at radius 2 is 2.00 bits per heavy atom. The first-order valence-electron chi connectivity index (χ1n) is 6.09. The molecule has 0 atom stereocenters. The second-order valence-corrected chi connectivity index (χ2v) is 4.51. The fourth-order valence-electron chi connectivity index (χ4n) is 1.98. The van der Waals surface area contributed by atoms with Crippen molar-refractivity contribution < 1.29 is 9.47 Å². The lowest BCUT2D eigenvalue weighted by Crippen LogP contribution is -2.02. The number of nitrogens with one attached hydrogen (secondary N) is 1. The van der Waals surface area contributed by atoms with Gasteiger partial charge in [-0.3, -0.25) is 0 Å². The Morgan fingerprint density at radius 1 is 1.17 bits per heavy atom. The molecule has 4 nitrogen and oxygen atoms in total. The molecule has 1 heterocycles. The summed E-state index contributed by atoms with van der Waals surface area (Å²) >= 11 is 0. The van der Waals surface area contributed by atoms with Gasteiger partial charge in [0, 0.05) is 23.6 Å². The highest BCUT2D eigenvalue weighted by Gasteiger charge is 2.21. The van der Waals surface area contributed by atoms with Gasteiger partial charge in [0.25, 0.3) is 0 Å². The number of benzene rings is 1. The van der Waals surface area contributed by atoms with Crippen molar-refractivity contribution in [2.24, 2.45) is 0 Å². The molecule has 0 aliphatic heterocycles. The minimum Gasteiger partial charge on any atom is -0.497 e. The number of aromatic nitrogens is 1. The van der Waals surface area contributed by atoms with Gasteiger partial charge in [-0.2, -0.15) is 0 Å². The maximum absolute atomic E-state index is 5.36. The highest BCUT2D eigenvalue weighted by Crippen LogP contribution is 2.32. The van der Waals surface area contributed by atoms with E-state index in [-0.39, 0.29) is 0 Å². The summed E-state index contributed by atoms with van der Waals surface area (Å²) in [6.07, 6.45) is 2.47. The number of pyridine rings is 1. The van der Waals surface area contributed by atoms with Crippen LogP contribution in [-0.4, -0.2) is 25.2 Å². The molecule has 1 aromatic heterocycles. The van der Waals surface area contributed by atoms with Gasteiger partial charge < -0.3 is 14.8 Å². The molecule has 94 valence electrons. The first-order valence-corrected chi connectivity index (χ1v) is 6.09. The van der Waals surface area contributed by atoms with Crippen molar-refractivity contribution >= 4 is 16.7 Å². The van der Waals surface area contributed by atoms with Crippen LogP contribution in [0, 0.1) is 0 Å². The smallest absolute Gasteiger partial charge is 0.131 e. The van der Waals surface area contributed by atoms with E-state index in [4.69, 9.17) is 9.47 Å². The predicted octanol–water partition coefficient (Wildman–Crippen LogP) is 2.83. The van der Waals surface area contributed by atoms with Gasteiger partial charge >= 0.3 is 0 Å². The average molecular weight is 244 g/mol. The quantitative estimate of drug-likeness (QED) is 0.898. The van der Waals surface area contributed by atoms with Crippen molar-refractivity contribution in [3.63, 3.8) is 0 Å². The third-order valence-electron chi connectivity index (χ3n) is 3.13. The number of hydrogen-bond donors (Lipinski definition) is 1. The molecule has 2 aromatic rings. The van der Waals surface area contributed by atoms with Crippen LogP contribution in [0.3, 0.4) is 0 Å². The van der Waals surface area contributed by atoms with Crippen LogP contribution in [0.5, 0.6) is 11.5 Å². The standard InChI is InChI=1S/C14H16N2O2/c1-17-10-7-12-11(13(8-10)18-2)5-6-14(16-12)15-9-3-4-9/h5-9H,3-4H2,1-2H3,(H,15,16). The van der Waals surface area contributed by atoms with Crippen LogP contribution in [0.2, 0.25) is 0 Å². The molecular weight excluding hydrogens is 228 g/mol. The fourth-order valence-corrected chi connectivity index (χ4v) is 1.98. The summed E-state index contributed by atoms with van der Waals surface area (Å²) in [6, 6.07) is 8.43. The molecular formula is C14H16N2O2. The lowest BCUT2D eigenvalue weighted by Gasteiger charge is -2.10. The first kappa shape index (κ1) is 11.1. The minimum atomic E-state index is 0.599. The van der Waals surface area contributed by atoms with Crippen LogP contribution in [0.4, 0.5) is 5.82 Å². The summed E-state index contributed by atoms with van der Waals surface area (Å²) in [5.74, 6) is 2.46. The van der Waals surface area contributed by atoms with Crippen LogP contribution < -0.4 is 14.8 Å². The van der Waals surface area contributed by atoms with Gasteiger partial charge in [-0.15, -0.1) is 0 Å². The Labute approximate surface area is 106 Å². The Bertz CT molecular complexity index is 579. The molecule has 3 rings (SSSR count). The first-order chi connectivity index (χ1) is 8.80. The Morgan fingerprint density at radius 3 is 2.67 bits per heavy atom. The summed E-state index contributed by atoms with van der Waals surface area (Å²) in [4.78, 5) is 4.60. The predicted molar refractivity (Wildman–Crippen MR) is 71.5 cm³/mol. The molecule has 0 radical (unpaired) electrons. The topological polar surface area (TPSA) is 43.4 Å². The molecule has 1 fully saturated rings. The van der Waals surface area contributed by atoms with Gasteiger partial charge in [-0.25, -0.2) is 4.98 Å². The summed E-state index contributed by atoms with van der Waals surface area (Å²) in [7, 11) is 3.30. The van der Waals surface area contributed by atoms with Crippen LogP contribution in [0.25, 0.3) is 10.9 Å². The van der Waals surface area contributed by atoms with Crippen molar-refractivity contribution in [2.75, 3.05) is 19.5 Å². The van der Waals surface area contributed by atoms with Crippen LogP contribution in [0.15, 0.2) is 24.3 Å². The highest BCUT2D eigenvalue weighted by molar-refractivity contribution is 5.88. The van der Waals surface area contributed by atoms with Crippen molar-refractivity contribution in [1.82, 2.24) is 4.98 Å². The van der Waals surface area contributed by atoms with E-state index in [1.165, 1.54) is 12.8 Å². The number of anilines is 1. The maximum atomic E-state index is 5.36. The number of nitrogens with zero attached hydrogens (tertiary/aromatic N) is 1. The van der Waals surface area contributed by atoms with E-state index in [0.29, 0.717) is 6.04 Å². The van der Waals surface area contributed by atoms with E-state index in [1.807, 2.05) is 24.3 Å². The third kappa shape index (κ3) is 2.06. The molecule has 1 saturated carbocycles. The van der Waals surface area contributed by atoms with E-state index in [9.17, 15) is 0 Å². The van der Waals surface area contributed by atoms with Gasteiger partial charge in [-0.1, -0.05) is 0 Å². The zero-order valence-electron chi connectivity index (χ0n) is 10.6. The zero-order chi connectivity index (χ0) is 12.5. The van der Waals surface area contributed by atoms with Gasteiger partial charge in [-0.05, 0) is 25.0 Å². The highest BCUT2D eigenvalue weighted by atomic mass is 16.5. The third-order valence-corrected chi connectivity index (χ3v) is 3.13. The van der Waals surface area contributed by atoms with Crippen molar-refractivity contribution in [3.8, 4) is 11.5 Å². The Hall–Kier alpha value is -1.97. The molecule has 0 unspecified atom stereocenters. The zero-order valence-corrected chi connectivity index (χ0v) is 10.6. The second kappa shape index (κ2) is 4.37. The van der Waals surface area contributed by atoms with Gasteiger partial charge in [0.05, 0.1) is 19.7 Å². The Balaban J connectivity index is 2.06. The molecule has 1 N–H and O–H groups in total. The molecule has 1 aromatic carbocycles. The van der Waals surface area contributed by atoms with Gasteiger partial charge in [0.1, 0.15) is 17.3 Å². The number of ether oxygens (including phenoxy) is 2. The molecule has 0 saturated heterocycles. The van der Waals surface area contributed by atoms with Crippen molar-refractivity contribution in [1.29, 1.82) is 0 Å². The molecule has 0 bridgehead atoms. The van der Waals surface area contributed by atoms with E-state index in [0.717, 1.165) is 28.2 Å². The van der Waals surface area contributed by atoms with Crippen molar-refractivity contribution in [2.45, 2.75) is 18.9 Å². The van der Waals surface area contributed by atoms with E-state index < -0.39 is 0 Å². The molecule has 4 heteroatoms. The number of fused-ring (bicyclic) bond motifs is 1. The monoisotopic (exact) mass is 244 g/mol. The normalized spacial score (nSPS) is 14.6. The average Bonchev–Trinajstić information content (AvgIpc) is 3.21. The largest absolute Gasteiger partial charge is 0.497 e. The van der Waals surface area contributed by atoms with E-state index in [2.05, 4.69) is 10.3 Å². The SMILES string of the molecule is COc1cc(OC)c2ccc(NC3CC3)nc2c1. The number of hydrogen-bond acceptors (Lipinski definition) is 4. The molecule has 1 aliphatic carbocycles. The Kier molecular flexibility index (Phi) is 2.70. The number of methoxy groups -OCH3 is 2. The summed E-state index contributed by atoms with van der Waals surface area (Å²) in [5.41, 5.74) is 0.886. The van der Waals surface area contributed by atoms with Crippen molar-refractivity contribution in [3.05, 3.63) is 24.3 Å². The van der Waals surface area contributed by atoms with Crippen LogP contribution in [0.1, 0.15) is 12.8 Å². The van der Waals surface area contributed by atoms with Crippen LogP contribution >= 0.6 is 0 Å². The maximum Gasteiger partial charge on any atom is 0.131 e. The van der Waals surface area contributed by atoms with Gasteiger partial charge in [0.2, 0.25) is 0 Å². The molecule has 1 aliphatic rings. The molecule has 18 heavy (non-hydrogen) atoms. The summed E-state index contributed by atoms with van der Waals surface area (Å²) in [5, 5.41) is 4.39. The summed E-state index contributed by atoms with van der Waals surface area (Å²) in [6.45, 7) is 0. The van der Waals surface area contributed by atoms with Crippen LogP contribution in [-0.2, 0) is 0 Å². The molecule has 0 amide bonds. The van der Waals surface area contributed by atoms with E-state index in [1.54, 1.807) is 14.2 Å². The lowest BCUT2D eigenvalue weighted by molar-refractivity contribution is 0.398. The number of rotatable bonds is 4. The fraction of sp³-hybridized carbons (Fsp3) is 0.357.